The lowest BCUT2D eigenvalue weighted by atomic mass is 10.3. The number of rotatable bonds is 5. The Morgan fingerprint density at radius 1 is 1.47 bits per heavy atom. The molecule has 0 bridgehead atoms. The molecule has 0 amide bonds. The van der Waals surface area contributed by atoms with Crippen LogP contribution in [0.5, 0.6) is 0 Å². The summed E-state index contributed by atoms with van der Waals surface area (Å²) in [6.07, 6.45) is 1.73. The molecular formula is C12H16N2OS2. The van der Waals surface area contributed by atoms with Gasteiger partial charge >= 0.3 is 0 Å². The van der Waals surface area contributed by atoms with Crippen molar-refractivity contribution in [3.63, 3.8) is 0 Å². The van der Waals surface area contributed by atoms with E-state index in [4.69, 9.17) is 0 Å². The van der Waals surface area contributed by atoms with Gasteiger partial charge in [-0.3, -0.25) is 4.21 Å². The normalized spacial score (nSPS) is 14.9. The summed E-state index contributed by atoms with van der Waals surface area (Å²) in [6.45, 7) is 2.80. The predicted molar refractivity (Wildman–Crippen MR) is 74.9 cm³/mol. The second kappa shape index (κ2) is 5.71. The Hall–Kier alpha value is -0.780. The Morgan fingerprint density at radius 2 is 2.24 bits per heavy atom. The van der Waals surface area contributed by atoms with Gasteiger partial charge in [0.25, 0.3) is 0 Å². The summed E-state index contributed by atoms with van der Waals surface area (Å²) < 4.78 is 12.3. The zero-order chi connectivity index (χ0) is 12.3. The zero-order valence-corrected chi connectivity index (χ0v) is 11.6. The Morgan fingerprint density at radius 3 is 2.94 bits per heavy atom. The lowest BCUT2D eigenvalue weighted by Crippen LogP contribution is -2.30. The van der Waals surface area contributed by atoms with Crippen LogP contribution in [0, 0.1) is 0 Å². The lowest BCUT2D eigenvalue weighted by Gasteiger charge is -2.10. The summed E-state index contributed by atoms with van der Waals surface area (Å²) in [5, 5.41) is 4.43. The number of nitrogens with zero attached hydrogens (tertiary/aromatic N) is 1. The minimum absolute atomic E-state index is 0.257. The highest BCUT2D eigenvalue weighted by Gasteiger charge is 2.06. The summed E-state index contributed by atoms with van der Waals surface area (Å²) in [4.78, 5) is 4.54. The van der Waals surface area contributed by atoms with Crippen LogP contribution in [0.3, 0.4) is 0 Å². The maximum Gasteiger partial charge on any atom is 0.108 e. The van der Waals surface area contributed by atoms with Crippen molar-refractivity contribution in [1.29, 1.82) is 0 Å². The van der Waals surface area contributed by atoms with Gasteiger partial charge in [-0.15, -0.1) is 11.3 Å². The number of aromatic nitrogens is 1. The van der Waals surface area contributed by atoms with Crippen molar-refractivity contribution in [3.05, 3.63) is 29.3 Å². The van der Waals surface area contributed by atoms with Crippen molar-refractivity contribution in [3.8, 4) is 0 Å². The lowest BCUT2D eigenvalue weighted by molar-refractivity contribution is 0.586. The van der Waals surface area contributed by atoms with Crippen LogP contribution in [-0.2, 0) is 17.3 Å². The van der Waals surface area contributed by atoms with Gasteiger partial charge in [0.2, 0.25) is 0 Å². The first kappa shape index (κ1) is 12.7. The highest BCUT2D eigenvalue weighted by Crippen LogP contribution is 2.21. The molecule has 2 atom stereocenters. The Bertz CT molecular complexity index is 491. The summed E-state index contributed by atoms with van der Waals surface area (Å²) in [5.74, 6) is 0.685. The van der Waals surface area contributed by atoms with E-state index in [9.17, 15) is 4.21 Å². The van der Waals surface area contributed by atoms with Gasteiger partial charge in [-0.25, -0.2) is 4.98 Å². The monoisotopic (exact) mass is 268 g/mol. The van der Waals surface area contributed by atoms with Gasteiger partial charge in [0.05, 0.1) is 10.2 Å². The fraction of sp³-hybridized carbons (Fsp3) is 0.417. The summed E-state index contributed by atoms with van der Waals surface area (Å²) in [5.41, 5.74) is 1.06. The van der Waals surface area contributed by atoms with Crippen molar-refractivity contribution >= 4 is 32.4 Å². The van der Waals surface area contributed by atoms with E-state index in [-0.39, 0.29) is 6.04 Å². The molecule has 1 aromatic carbocycles. The zero-order valence-electron chi connectivity index (χ0n) is 9.97. The molecule has 0 aliphatic rings. The fourth-order valence-corrected chi connectivity index (χ4v) is 3.41. The summed E-state index contributed by atoms with van der Waals surface area (Å²) in [7, 11) is -0.748. The van der Waals surface area contributed by atoms with Gasteiger partial charge in [0, 0.05) is 35.4 Å². The van der Waals surface area contributed by atoms with E-state index in [2.05, 4.69) is 23.3 Å². The minimum Gasteiger partial charge on any atom is -0.307 e. The molecule has 2 aromatic rings. The SMILES string of the molecule is CC(CS(C)=O)NCc1nc2ccccc2s1. The van der Waals surface area contributed by atoms with Crippen molar-refractivity contribution in [2.45, 2.75) is 19.5 Å². The summed E-state index contributed by atoms with van der Waals surface area (Å²) >= 11 is 1.71. The van der Waals surface area contributed by atoms with E-state index in [1.54, 1.807) is 17.6 Å². The van der Waals surface area contributed by atoms with Crippen LogP contribution in [-0.4, -0.2) is 27.2 Å². The molecule has 92 valence electrons. The molecule has 1 heterocycles. The smallest absolute Gasteiger partial charge is 0.108 e. The number of fused-ring (bicyclic) bond motifs is 1. The molecule has 2 unspecified atom stereocenters. The third-order valence-electron chi connectivity index (χ3n) is 2.42. The first-order valence-electron chi connectivity index (χ1n) is 5.53. The average molecular weight is 268 g/mol. The Kier molecular flexibility index (Phi) is 4.25. The number of hydrogen-bond donors (Lipinski definition) is 1. The third kappa shape index (κ3) is 3.59. The molecule has 1 aromatic heterocycles. The van der Waals surface area contributed by atoms with E-state index in [1.165, 1.54) is 4.70 Å². The molecule has 0 saturated carbocycles. The minimum atomic E-state index is -0.748. The van der Waals surface area contributed by atoms with Crippen molar-refractivity contribution in [1.82, 2.24) is 10.3 Å². The average Bonchev–Trinajstić information content (AvgIpc) is 2.68. The molecule has 0 radical (unpaired) electrons. The van der Waals surface area contributed by atoms with E-state index in [1.807, 2.05) is 18.2 Å². The van der Waals surface area contributed by atoms with Gasteiger partial charge < -0.3 is 5.32 Å². The maximum absolute atomic E-state index is 11.1. The Balaban J connectivity index is 1.97. The molecule has 3 nitrogen and oxygen atoms in total. The quantitative estimate of drug-likeness (QED) is 0.903. The van der Waals surface area contributed by atoms with E-state index in [0.717, 1.165) is 17.1 Å². The third-order valence-corrected chi connectivity index (χ3v) is 4.43. The van der Waals surface area contributed by atoms with Crippen LogP contribution in [0.2, 0.25) is 0 Å². The number of thiazole rings is 1. The van der Waals surface area contributed by atoms with E-state index >= 15 is 0 Å². The van der Waals surface area contributed by atoms with Crippen molar-refractivity contribution in [2.24, 2.45) is 0 Å². The van der Waals surface area contributed by atoms with Crippen LogP contribution in [0.25, 0.3) is 10.2 Å². The highest BCUT2D eigenvalue weighted by molar-refractivity contribution is 7.84. The van der Waals surface area contributed by atoms with Gasteiger partial charge in [-0.05, 0) is 19.1 Å². The van der Waals surface area contributed by atoms with E-state index in [0.29, 0.717) is 5.75 Å². The number of nitrogens with one attached hydrogen (secondary N) is 1. The first-order valence-corrected chi connectivity index (χ1v) is 8.07. The molecule has 5 heteroatoms. The molecule has 2 rings (SSSR count). The fourth-order valence-electron chi connectivity index (χ4n) is 1.67. The van der Waals surface area contributed by atoms with E-state index < -0.39 is 10.8 Å². The van der Waals surface area contributed by atoms with Gasteiger partial charge in [0.15, 0.2) is 0 Å². The van der Waals surface area contributed by atoms with Crippen LogP contribution >= 0.6 is 11.3 Å². The van der Waals surface area contributed by atoms with Crippen molar-refractivity contribution in [2.75, 3.05) is 12.0 Å². The number of benzene rings is 1. The molecule has 0 aliphatic carbocycles. The van der Waals surface area contributed by atoms with Gasteiger partial charge in [0.1, 0.15) is 5.01 Å². The van der Waals surface area contributed by atoms with Crippen LogP contribution in [0.4, 0.5) is 0 Å². The molecule has 0 saturated heterocycles. The van der Waals surface area contributed by atoms with Crippen LogP contribution in [0.15, 0.2) is 24.3 Å². The Labute approximate surface area is 108 Å². The van der Waals surface area contributed by atoms with Crippen molar-refractivity contribution < 1.29 is 4.21 Å². The molecule has 1 N–H and O–H groups in total. The molecular weight excluding hydrogens is 252 g/mol. The van der Waals surface area contributed by atoms with Crippen LogP contribution in [0.1, 0.15) is 11.9 Å². The van der Waals surface area contributed by atoms with Gasteiger partial charge in [-0.1, -0.05) is 12.1 Å². The van der Waals surface area contributed by atoms with Gasteiger partial charge in [-0.2, -0.15) is 0 Å². The molecule has 0 fully saturated rings. The number of para-hydroxylation sites is 1. The van der Waals surface area contributed by atoms with Crippen LogP contribution < -0.4 is 5.32 Å². The molecule has 17 heavy (non-hydrogen) atoms. The summed E-state index contributed by atoms with van der Waals surface area (Å²) in [6, 6.07) is 8.40. The largest absolute Gasteiger partial charge is 0.307 e. The highest BCUT2D eigenvalue weighted by atomic mass is 32.2. The second-order valence-corrected chi connectivity index (χ2v) is 6.69. The first-order chi connectivity index (χ1) is 8.15. The standard InChI is InChI=1S/C12H16N2OS2/c1-9(8-17(2)15)13-7-12-14-10-5-3-4-6-11(10)16-12/h3-6,9,13H,7-8H2,1-2H3. The maximum atomic E-state index is 11.1. The number of hydrogen-bond acceptors (Lipinski definition) is 4. The topological polar surface area (TPSA) is 42.0 Å². The molecule has 0 spiro atoms. The molecule has 0 aliphatic heterocycles. The predicted octanol–water partition coefficient (Wildman–Crippen LogP) is 2.15. The second-order valence-electron chi connectivity index (χ2n) is 4.10.